The number of nitrogens with one attached hydrogen (secondary N) is 1. The van der Waals surface area contributed by atoms with Crippen molar-refractivity contribution in [3.8, 4) is 6.07 Å². The quantitative estimate of drug-likeness (QED) is 0.287. The fraction of sp³-hybridized carbons (Fsp3) is 0.103. The molecule has 0 aliphatic heterocycles. The van der Waals surface area contributed by atoms with Crippen molar-refractivity contribution in [1.29, 1.82) is 5.26 Å². The highest BCUT2D eigenvalue weighted by molar-refractivity contribution is 6.14. The van der Waals surface area contributed by atoms with Crippen LogP contribution in [0.1, 0.15) is 29.2 Å². The summed E-state index contributed by atoms with van der Waals surface area (Å²) in [6.07, 6.45) is 2.26. The molecular weight excluding hydrogens is 451 g/mol. The van der Waals surface area contributed by atoms with Crippen LogP contribution in [0.5, 0.6) is 0 Å². The molecule has 176 valence electrons. The molecule has 2 heterocycles. The number of nitriles is 1. The van der Waals surface area contributed by atoms with Crippen LogP contribution < -0.4 is 5.32 Å². The second-order valence-corrected chi connectivity index (χ2v) is 8.33. The first kappa shape index (κ1) is 22.9. The molecule has 0 unspecified atom stereocenters. The van der Waals surface area contributed by atoms with Crippen LogP contribution in [0.2, 0.25) is 0 Å². The summed E-state index contributed by atoms with van der Waals surface area (Å²) in [5.41, 5.74) is 5.36. The number of anilines is 2. The van der Waals surface area contributed by atoms with E-state index < -0.39 is 5.82 Å². The van der Waals surface area contributed by atoms with Gasteiger partial charge in [0.2, 0.25) is 0 Å². The molecule has 6 nitrogen and oxygen atoms in total. The van der Waals surface area contributed by atoms with Crippen molar-refractivity contribution in [1.82, 2.24) is 14.5 Å². The second kappa shape index (κ2) is 9.80. The van der Waals surface area contributed by atoms with Crippen molar-refractivity contribution in [3.63, 3.8) is 0 Å². The van der Waals surface area contributed by atoms with Crippen LogP contribution in [0.3, 0.4) is 0 Å². The molecule has 0 saturated carbocycles. The third kappa shape index (κ3) is 4.44. The predicted octanol–water partition coefficient (Wildman–Crippen LogP) is 6.45. The molecule has 3 aromatic carbocycles. The van der Waals surface area contributed by atoms with Crippen LogP contribution in [0, 0.1) is 17.1 Å². The highest BCUT2D eigenvalue weighted by Gasteiger charge is 2.16. The zero-order valence-electron chi connectivity index (χ0n) is 19.9. The first-order chi connectivity index (χ1) is 17.6. The van der Waals surface area contributed by atoms with E-state index in [1.807, 2.05) is 91.3 Å². The van der Waals surface area contributed by atoms with Gasteiger partial charge in [0.1, 0.15) is 17.2 Å². The molecule has 0 radical (unpaired) electrons. The number of aliphatic imine (C=N–C) groups is 1. The van der Waals surface area contributed by atoms with Gasteiger partial charge in [-0.15, -0.1) is 0 Å². The van der Waals surface area contributed by atoms with Crippen molar-refractivity contribution < 1.29 is 4.39 Å². The van der Waals surface area contributed by atoms with E-state index in [1.54, 1.807) is 12.4 Å². The van der Waals surface area contributed by atoms with E-state index in [4.69, 9.17) is 9.98 Å². The Morgan fingerprint density at radius 2 is 1.69 bits per heavy atom. The molecule has 0 saturated heterocycles. The minimum atomic E-state index is -0.503. The maximum absolute atomic E-state index is 15.0. The van der Waals surface area contributed by atoms with Crippen LogP contribution in [0.25, 0.3) is 11.0 Å². The number of rotatable bonds is 6. The van der Waals surface area contributed by atoms with Crippen LogP contribution in [0.15, 0.2) is 90.2 Å². The van der Waals surface area contributed by atoms with Crippen LogP contribution >= 0.6 is 0 Å². The summed E-state index contributed by atoms with van der Waals surface area (Å²) in [4.78, 5) is 14.3. The molecule has 0 amide bonds. The average molecular weight is 475 g/mol. The lowest BCUT2D eigenvalue weighted by atomic mass is 10.0. The van der Waals surface area contributed by atoms with Crippen LogP contribution in [0.4, 0.5) is 21.7 Å². The Labute approximate surface area is 208 Å². The summed E-state index contributed by atoms with van der Waals surface area (Å²) in [6, 6.07) is 26.6. The summed E-state index contributed by atoms with van der Waals surface area (Å²) < 4.78 is 16.8. The minimum absolute atomic E-state index is 0.283. The fourth-order valence-electron chi connectivity index (χ4n) is 4.12. The highest BCUT2D eigenvalue weighted by atomic mass is 19.1. The molecule has 0 bridgehead atoms. The SMILES string of the molecule is CCc1cc(C#N)cc(F)c1Nc1cc2c(ncn2C)c(N=C(c2ccccc2)c2ccccc2)n1. The van der Waals surface area contributed by atoms with E-state index in [0.717, 1.165) is 22.4 Å². The molecule has 5 rings (SSSR count). The van der Waals surface area contributed by atoms with Gasteiger partial charge in [0.05, 0.1) is 34.9 Å². The Balaban J connectivity index is 1.69. The standard InChI is InChI=1S/C29H23FN6/c1-3-20-14-19(17-31)15-23(30)27(20)33-25-16-24-28(32-18-36(24)2)29(34-25)35-26(21-10-6-4-7-11-21)22-12-8-5-9-13-22/h4-16,18H,3H2,1-2H3,(H,33,34). The number of aryl methyl sites for hydroxylation is 2. The zero-order chi connectivity index (χ0) is 25.1. The Bertz CT molecular complexity index is 1570. The molecule has 0 atom stereocenters. The van der Waals surface area contributed by atoms with E-state index >= 15 is 0 Å². The van der Waals surface area contributed by atoms with E-state index in [2.05, 4.69) is 10.3 Å². The summed E-state index contributed by atoms with van der Waals surface area (Å²) in [7, 11) is 1.89. The molecular formula is C29H23FN6. The topological polar surface area (TPSA) is 78.9 Å². The highest BCUT2D eigenvalue weighted by Crippen LogP contribution is 2.31. The van der Waals surface area contributed by atoms with Gasteiger partial charge in [0.15, 0.2) is 5.82 Å². The lowest BCUT2D eigenvalue weighted by molar-refractivity contribution is 0.629. The molecule has 1 N–H and O–H groups in total. The summed E-state index contributed by atoms with van der Waals surface area (Å²) in [6.45, 7) is 1.92. The van der Waals surface area contributed by atoms with Gasteiger partial charge >= 0.3 is 0 Å². The fourth-order valence-corrected chi connectivity index (χ4v) is 4.12. The van der Waals surface area contributed by atoms with Gasteiger partial charge < -0.3 is 9.88 Å². The molecule has 5 aromatic rings. The maximum atomic E-state index is 15.0. The van der Waals surface area contributed by atoms with Gasteiger partial charge in [-0.1, -0.05) is 67.6 Å². The third-order valence-corrected chi connectivity index (χ3v) is 5.94. The van der Waals surface area contributed by atoms with E-state index in [9.17, 15) is 9.65 Å². The number of benzene rings is 3. The third-order valence-electron chi connectivity index (χ3n) is 5.94. The van der Waals surface area contributed by atoms with Crippen LogP contribution in [-0.4, -0.2) is 20.2 Å². The maximum Gasteiger partial charge on any atom is 0.183 e. The summed E-state index contributed by atoms with van der Waals surface area (Å²) >= 11 is 0. The molecule has 0 aliphatic rings. The average Bonchev–Trinajstić information content (AvgIpc) is 3.29. The monoisotopic (exact) mass is 474 g/mol. The normalized spacial score (nSPS) is 10.7. The number of pyridine rings is 1. The largest absolute Gasteiger partial charge is 0.337 e. The lowest BCUT2D eigenvalue weighted by Crippen LogP contribution is -2.04. The van der Waals surface area contributed by atoms with Gasteiger partial charge in [-0.25, -0.2) is 19.4 Å². The Kier molecular flexibility index (Phi) is 6.25. The molecule has 7 heteroatoms. The molecule has 36 heavy (non-hydrogen) atoms. The van der Waals surface area contributed by atoms with Crippen molar-refractivity contribution >= 4 is 34.1 Å². The minimum Gasteiger partial charge on any atom is -0.337 e. The second-order valence-electron chi connectivity index (χ2n) is 8.33. The summed E-state index contributed by atoms with van der Waals surface area (Å²) in [5.74, 6) is 0.353. The van der Waals surface area contributed by atoms with Crippen LogP contribution in [-0.2, 0) is 13.5 Å². The molecule has 0 fully saturated rings. The zero-order valence-corrected chi connectivity index (χ0v) is 19.9. The Morgan fingerprint density at radius 1 is 1.03 bits per heavy atom. The molecule has 2 aromatic heterocycles. The number of hydrogen-bond acceptors (Lipinski definition) is 5. The van der Waals surface area contributed by atoms with Crippen molar-refractivity contribution in [2.45, 2.75) is 13.3 Å². The Hall–Kier alpha value is -4.83. The van der Waals surface area contributed by atoms with Gasteiger partial charge in [-0.2, -0.15) is 5.26 Å². The smallest absolute Gasteiger partial charge is 0.183 e. The van der Waals surface area contributed by atoms with Gasteiger partial charge in [-0.05, 0) is 24.1 Å². The number of aromatic nitrogens is 3. The first-order valence-electron chi connectivity index (χ1n) is 11.6. The number of imidazole rings is 1. The summed E-state index contributed by atoms with van der Waals surface area (Å²) in [5, 5.41) is 12.4. The lowest BCUT2D eigenvalue weighted by Gasteiger charge is -2.13. The molecule has 0 aliphatic carbocycles. The predicted molar refractivity (Wildman–Crippen MR) is 140 cm³/mol. The van der Waals surface area contributed by atoms with Gasteiger partial charge in [0, 0.05) is 24.2 Å². The number of fused-ring (bicyclic) bond motifs is 1. The molecule has 0 spiro atoms. The van der Waals surface area contributed by atoms with Crippen molar-refractivity contribution in [2.75, 3.05) is 5.32 Å². The van der Waals surface area contributed by atoms with E-state index in [-0.39, 0.29) is 5.56 Å². The Morgan fingerprint density at radius 3 is 2.31 bits per heavy atom. The van der Waals surface area contributed by atoms with Gasteiger partial charge in [-0.3, -0.25) is 0 Å². The van der Waals surface area contributed by atoms with E-state index in [1.165, 1.54) is 6.07 Å². The van der Waals surface area contributed by atoms with Gasteiger partial charge in [0.25, 0.3) is 0 Å². The number of halogens is 1. The number of nitrogens with zero attached hydrogens (tertiary/aromatic N) is 5. The van der Waals surface area contributed by atoms with Crippen molar-refractivity contribution in [3.05, 3.63) is 113 Å². The van der Waals surface area contributed by atoms with Crippen molar-refractivity contribution in [2.24, 2.45) is 12.0 Å². The van der Waals surface area contributed by atoms with E-state index in [0.29, 0.717) is 34.8 Å². The number of hydrogen-bond donors (Lipinski definition) is 1. The first-order valence-corrected chi connectivity index (χ1v) is 11.6.